The van der Waals surface area contributed by atoms with Crippen LogP contribution in [0.3, 0.4) is 0 Å². The van der Waals surface area contributed by atoms with Gasteiger partial charge in [0.25, 0.3) is 5.91 Å². The molecule has 2 amide bonds. The predicted octanol–water partition coefficient (Wildman–Crippen LogP) is 4.30. The van der Waals surface area contributed by atoms with E-state index < -0.39 is 27.8 Å². The lowest BCUT2D eigenvalue weighted by atomic mass is 9.96. The number of nitrogens with one attached hydrogen (secondary N) is 2. The second kappa shape index (κ2) is 12.8. The summed E-state index contributed by atoms with van der Waals surface area (Å²) in [7, 11) is -2.54. The number of alkyl halides is 1. The maximum atomic E-state index is 13.8. The average Bonchev–Trinajstić information content (AvgIpc) is 3.24. The van der Waals surface area contributed by atoms with E-state index in [1.54, 1.807) is 25.1 Å². The Balaban J connectivity index is 1.80. The molecule has 0 spiro atoms. The number of aryl methyl sites for hydroxylation is 1. The molecule has 1 aliphatic rings. The van der Waals surface area contributed by atoms with Gasteiger partial charge in [-0.2, -0.15) is 4.72 Å². The summed E-state index contributed by atoms with van der Waals surface area (Å²) in [5.41, 5.74) is 3.34. The summed E-state index contributed by atoms with van der Waals surface area (Å²) in [6.45, 7) is 3.19. The third-order valence-corrected chi connectivity index (χ3v) is 8.02. The Hall–Kier alpha value is -3.84. The molecule has 214 valence electrons. The molecule has 0 aromatic heterocycles. The number of methoxy groups -OCH3 is 1. The van der Waals surface area contributed by atoms with Gasteiger partial charge in [0, 0.05) is 23.5 Å². The maximum Gasteiger partial charge on any atom is 0.338 e. The zero-order valence-electron chi connectivity index (χ0n) is 22.6. The van der Waals surface area contributed by atoms with Gasteiger partial charge in [0.15, 0.2) is 0 Å². The van der Waals surface area contributed by atoms with Crippen LogP contribution in [0.4, 0.5) is 11.4 Å². The van der Waals surface area contributed by atoms with E-state index in [-0.39, 0.29) is 28.5 Å². The number of amides is 2. The summed E-state index contributed by atoms with van der Waals surface area (Å²) in [5.74, 6) is -1.66. The van der Waals surface area contributed by atoms with Gasteiger partial charge in [-0.05, 0) is 54.4 Å². The van der Waals surface area contributed by atoms with Crippen LogP contribution in [-0.2, 0) is 29.1 Å². The van der Waals surface area contributed by atoms with E-state index in [2.05, 4.69) is 26.0 Å². The fraction of sp³-hybridized carbons (Fsp3) is 0.207. The molecule has 3 aromatic rings. The highest BCUT2D eigenvalue weighted by atomic mass is 79.9. The molecular weight excluding hydrogens is 614 g/mol. The van der Waals surface area contributed by atoms with Crippen molar-refractivity contribution in [2.45, 2.75) is 18.7 Å². The molecule has 0 atom stereocenters. The van der Waals surface area contributed by atoms with Gasteiger partial charge in [-0.3, -0.25) is 9.59 Å². The van der Waals surface area contributed by atoms with Crippen LogP contribution in [0, 0.1) is 6.92 Å². The van der Waals surface area contributed by atoms with Crippen molar-refractivity contribution in [1.82, 2.24) is 4.72 Å². The van der Waals surface area contributed by atoms with Gasteiger partial charge in [0.2, 0.25) is 15.9 Å². The lowest BCUT2D eigenvalue weighted by molar-refractivity contribution is -0.122. The van der Waals surface area contributed by atoms with Crippen LogP contribution in [0.2, 0.25) is 0 Å². The van der Waals surface area contributed by atoms with Crippen LogP contribution in [0.5, 0.6) is 0 Å². The smallest absolute Gasteiger partial charge is 0.338 e. The van der Waals surface area contributed by atoms with Gasteiger partial charge in [-0.15, -0.1) is 0 Å². The first-order chi connectivity index (χ1) is 19.6. The molecule has 12 heteroatoms. The molecule has 2 N–H and O–H groups in total. The molecule has 0 unspecified atom stereocenters. The normalized spacial score (nSPS) is 14.0. The minimum absolute atomic E-state index is 0.0374. The highest BCUT2D eigenvalue weighted by Crippen LogP contribution is 2.43. The fourth-order valence-electron chi connectivity index (χ4n) is 4.38. The van der Waals surface area contributed by atoms with Gasteiger partial charge in [0.1, 0.15) is 6.73 Å². The highest BCUT2D eigenvalue weighted by Gasteiger charge is 2.39. The number of anilines is 2. The average molecular weight is 643 g/mol. The van der Waals surface area contributed by atoms with E-state index in [0.29, 0.717) is 40.0 Å². The predicted molar refractivity (Wildman–Crippen MR) is 159 cm³/mol. The second-order valence-corrected chi connectivity index (χ2v) is 11.6. The minimum atomic E-state index is -3.80. The van der Waals surface area contributed by atoms with Crippen molar-refractivity contribution < 1.29 is 32.3 Å². The van der Waals surface area contributed by atoms with E-state index in [1.165, 1.54) is 32.2 Å². The molecular formula is C29H28BrN3O7S. The Morgan fingerprint density at radius 3 is 2.32 bits per heavy atom. The number of hydrogen-bond donors (Lipinski definition) is 2. The van der Waals surface area contributed by atoms with Crippen LogP contribution in [0.15, 0.2) is 71.6 Å². The van der Waals surface area contributed by atoms with Crippen molar-refractivity contribution in [2.24, 2.45) is 0 Å². The van der Waals surface area contributed by atoms with Crippen molar-refractivity contribution in [1.29, 1.82) is 0 Å². The topological polar surface area (TPSA) is 131 Å². The number of carbonyl (C=O) groups excluding carboxylic acids is 3. The SMILES string of the molecule is COC(=O)c1cc2c(cc1C)/C(=C(/Nc1ccc(S(=O)(=O)NCOCCBr)cc1)c1ccccc1)C(=O)N2C(C)=O. The van der Waals surface area contributed by atoms with Crippen molar-refractivity contribution in [3.05, 3.63) is 89.0 Å². The Kier molecular flexibility index (Phi) is 9.38. The van der Waals surface area contributed by atoms with Crippen LogP contribution >= 0.6 is 15.9 Å². The summed E-state index contributed by atoms with van der Waals surface area (Å²) >= 11 is 3.21. The largest absolute Gasteiger partial charge is 0.465 e. The number of benzene rings is 3. The molecule has 3 aromatic carbocycles. The monoisotopic (exact) mass is 641 g/mol. The fourth-order valence-corrected chi connectivity index (χ4v) is 5.51. The molecule has 4 rings (SSSR count). The van der Waals surface area contributed by atoms with Gasteiger partial charge in [0.05, 0.1) is 41.1 Å². The van der Waals surface area contributed by atoms with Crippen molar-refractivity contribution in [3.63, 3.8) is 0 Å². The summed E-state index contributed by atoms with van der Waals surface area (Å²) < 4.78 is 37.7. The number of halogens is 1. The molecule has 1 heterocycles. The van der Waals surface area contributed by atoms with Crippen LogP contribution in [-0.4, -0.2) is 52.0 Å². The number of hydrogen-bond acceptors (Lipinski definition) is 8. The quantitative estimate of drug-likeness (QED) is 0.110. The zero-order chi connectivity index (χ0) is 29.7. The highest BCUT2D eigenvalue weighted by molar-refractivity contribution is 9.09. The molecule has 0 bridgehead atoms. The Morgan fingerprint density at radius 1 is 1.02 bits per heavy atom. The van der Waals surface area contributed by atoms with Crippen LogP contribution < -0.4 is 14.9 Å². The van der Waals surface area contributed by atoms with E-state index in [1.807, 2.05) is 30.3 Å². The number of esters is 1. The van der Waals surface area contributed by atoms with Gasteiger partial charge < -0.3 is 14.8 Å². The lowest BCUT2D eigenvalue weighted by Gasteiger charge is -2.16. The third-order valence-electron chi connectivity index (χ3n) is 6.31. The number of nitrogens with zero attached hydrogens (tertiary/aromatic N) is 1. The summed E-state index contributed by atoms with van der Waals surface area (Å²) in [6, 6.07) is 18.3. The second-order valence-electron chi connectivity index (χ2n) is 8.99. The van der Waals surface area contributed by atoms with E-state index in [4.69, 9.17) is 9.47 Å². The first-order valence-electron chi connectivity index (χ1n) is 12.5. The van der Waals surface area contributed by atoms with E-state index in [0.717, 1.165) is 4.90 Å². The third kappa shape index (κ3) is 6.41. The van der Waals surface area contributed by atoms with Gasteiger partial charge in [-0.25, -0.2) is 18.1 Å². The number of fused-ring (bicyclic) bond motifs is 1. The van der Waals surface area contributed by atoms with Crippen molar-refractivity contribution in [3.8, 4) is 0 Å². The molecule has 10 nitrogen and oxygen atoms in total. The molecule has 41 heavy (non-hydrogen) atoms. The Bertz CT molecular complexity index is 1620. The number of imide groups is 1. The number of sulfonamides is 1. The first kappa shape index (κ1) is 30.1. The minimum Gasteiger partial charge on any atom is -0.465 e. The molecule has 0 aliphatic carbocycles. The van der Waals surface area contributed by atoms with Crippen molar-refractivity contribution in [2.75, 3.05) is 36.0 Å². The van der Waals surface area contributed by atoms with Crippen LogP contribution in [0.1, 0.15) is 34.0 Å². The van der Waals surface area contributed by atoms with Gasteiger partial charge in [-0.1, -0.05) is 46.3 Å². The molecule has 0 radical (unpaired) electrons. The van der Waals surface area contributed by atoms with Crippen molar-refractivity contribution >= 4 is 66.4 Å². The standard InChI is InChI=1S/C29H28BrN3O7S/c1-18-15-24-25(16-23(18)29(36)39-3)33(19(2)34)28(35)26(24)27(20-7-5-4-6-8-20)32-21-9-11-22(12-10-21)41(37,38)31-17-40-14-13-30/h4-12,15-16,31-32H,13-14,17H2,1-3H3/b27-26-. The maximum absolute atomic E-state index is 13.8. The van der Waals surface area contributed by atoms with E-state index in [9.17, 15) is 22.8 Å². The zero-order valence-corrected chi connectivity index (χ0v) is 25.0. The summed E-state index contributed by atoms with van der Waals surface area (Å²) in [5, 5.41) is 3.84. The molecule has 0 saturated heterocycles. The first-order valence-corrected chi connectivity index (χ1v) is 15.1. The molecule has 0 fully saturated rings. The molecule has 1 aliphatic heterocycles. The van der Waals surface area contributed by atoms with Gasteiger partial charge >= 0.3 is 5.97 Å². The Labute approximate surface area is 246 Å². The number of rotatable bonds is 10. The lowest BCUT2D eigenvalue weighted by Crippen LogP contribution is -2.31. The van der Waals surface area contributed by atoms with E-state index >= 15 is 0 Å². The Morgan fingerprint density at radius 2 is 1.71 bits per heavy atom. The van der Waals surface area contributed by atoms with Crippen LogP contribution in [0.25, 0.3) is 11.3 Å². The summed E-state index contributed by atoms with van der Waals surface area (Å²) in [6.07, 6.45) is 0. The summed E-state index contributed by atoms with van der Waals surface area (Å²) in [4.78, 5) is 39.9. The number of carbonyl (C=O) groups is 3. The number of ether oxygens (including phenoxy) is 2. The molecule has 0 saturated carbocycles.